The molecule has 0 fully saturated rings. The number of amides is 2. The number of halogens is 1. The quantitative estimate of drug-likeness (QED) is 0.586. The Kier molecular flexibility index (Phi) is 5.89. The summed E-state index contributed by atoms with van der Waals surface area (Å²) in [5.74, 6) is 0.344. The topological polar surface area (TPSA) is 91.8 Å². The normalized spacial score (nSPS) is 15.5. The number of aliphatic imine (C=N–C) groups is 1. The molecule has 3 aromatic carbocycles. The fraction of sp³-hybridized carbons (Fsp3) is 0.0870. The van der Waals surface area contributed by atoms with Crippen LogP contribution in [0.15, 0.2) is 83.9 Å². The van der Waals surface area contributed by atoms with E-state index >= 15 is 0 Å². The van der Waals surface area contributed by atoms with E-state index in [4.69, 9.17) is 4.74 Å². The molecule has 3 aromatic rings. The number of para-hydroxylation sites is 1. The molecular formula is C23H19FN4O3. The average Bonchev–Trinajstić information content (AvgIpc) is 2.77. The maximum atomic E-state index is 13.0. The first kappa shape index (κ1) is 20.1. The first-order valence-electron chi connectivity index (χ1n) is 9.59. The van der Waals surface area contributed by atoms with Gasteiger partial charge in [-0.15, -0.1) is 0 Å². The van der Waals surface area contributed by atoms with Crippen LogP contribution in [0.3, 0.4) is 0 Å². The Labute approximate surface area is 178 Å². The SMILES string of the molecule is O=C1C[C@@H](C(=O)Nc2ccc(Oc3ccccc3)cc2)N=C(Nc2ccc(F)cc2)N1. The summed E-state index contributed by atoms with van der Waals surface area (Å²) in [5.41, 5.74) is 1.09. The number of nitrogens with one attached hydrogen (secondary N) is 3. The Hall–Kier alpha value is -4.20. The molecule has 0 aliphatic carbocycles. The van der Waals surface area contributed by atoms with E-state index in [1.54, 1.807) is 24.3 Å². The molecule has 0 unspecified atom stereocenters. The lowest BCUT2D eigenvalue weighted by atomic mass is 10.1. The molecule has 0 saturated carbocycles. The number of hydrogen-bond acceptors (Lipinski definition) is 5. The molecular weight excluding hydrogens is 399 g/mol. The van der Waals surface area contributed by atoms with Gasteiger partial charge in [-0.25, -0.2) is 9.38 Å². The fourth-order valence-electron chi connectivity index (χ4n) is 2.93. The third-order valence-corrected chi connectivity index (χ3v) is 4.43. The number of carbonyl (C=O) groups is 2. The molecule has 2 amide bonds. The van der Waals surface area contributed by atoms with Crippen LogP contribution in [0.25, 0.3) is 0 Å². The van der Waals surface area contributed by atoms with Gasteiger partial charge in [0.1, 0.15) is 23.4 Å². The van der Waals surface area contributed by atoms with Crippen LogP contribution in [0.2, 0.25) is 0 Å². The minimum absolute atomic E-state index is 0.0738. The van der Waals surface area contributed by atoms with Crippen molar-refractivity contribution in [3.05, 3.63) is 84.7 Å². The molecule has 0 radical (unpaired) electrons. The van der Waals surface area contributed by atoms with E-state index in [1.807, 2.05) is 30.3 Å². The molecule has 0 bridgehead atoms. The van der Waals surface area contributed by atoms with Crippen LogP contribution in [0.5, 0.6) is 11.5 Å². The molecule has 4 rings (SSSR count). The van der Waals surface area contributed by atoms with Gasteiger partial charge >= 0.3 is 0 Å². The predicted molar refractivity (Wildman–Crippen MR) is 116 cm³/mol. The highest BCUT2D eigenvalue weighted by Crippen LogP contribution is 2.23. The van der Waals surface area contributed by atoms with Crippen molar-refractivity contribution < 1.29 is 18.7 Å². The van der Waals surface area contributed by atoms with Crippen LogP contribution in [-0.4, -0.2) is 23.8 Å². The third-order valence-electron chi connectivity index (χ3n) is 4.43. The monoisotopic (exact) mass is 418 g/mol. The van der Waals surface area contributed by atoms with Crippen LogP contribution in [0.1, 0.15) is 6.42 Å². The van der Waals surface area contributed by atoms with Crippen molar-refractivity contribution in [3.63, 3.8) is 0 Å². The molecule has 0 aromatic heterocycles. The predicted octanol–water partition coefficient (Wildman–Crippen LogP) is 3.91. The van der Waals surface area contributed by atoms with E-state index in [0.29, 0.717) is 22.9 Å². The number of nitrogens with zero attached hydrogens (tertiary/aromatic N) is 1. The maximum absolute atomic E-state index is 13.0. The number of ether oxygens (including phenoxy) is 1. The first-order chi connectivity index (χ1) is 15.0. The highest BCUT2D eigenvalue weighted by Gasteiger charge is 2.27. The van der Waals surface area contributed by atoms with Gasteiger partial charge in [0.15, 0.2) is 0 Å². The van der Waals surface area contributed by atoms with Crippen molar-refractivity contribution in [2.45, 2.75) is 12.5 Å². The molecule has 0 spiro atoms. The van der Waals surface area contributed by atoms with Crippen LogP contribution in [0.4, 0.5) is 15.8 Å². The molecule has 8 heteroatoms. The molecule has 156 valence electrons. The molecule has 0 saturated heterocycles. The minimum Gasteiger partial charge on any atom is -0.457 e. The minimum atomic E-state index is -0.892. The van der Waals surface area contributed by atoms with Gasteiger partial charge in [-0.2, -0.15) is 0 Å². The summed E-state index contributed by atoms with van der Waals surface area (Å²) in [6.07, 6.45) is -0.0738. The number of anilines is 2. The van der Waals surface area contributed by atoms with Crippen LogP contribution in [0, 0.1) is 5.82 Å². The Bertz CT molecular complexity index is 1100. The third kappa shape index (κ3) is 5.45. The van der Waals surface area contributed by atoms with E-state index in [0.717, 1.165) is 0 Å². The van der Waals surface area contributed by atoms with Gasteiger partial charge in [-0.05, 0) is 60.7 Å². The smallest absolute Gasteiger partial charge is 0.249 e. The second-order valence-electron chi connectivity index (χ2n) is 6.81. The van der Waals surface area contributed by atoms with E-state index in [9.17, 15) is 14.0 Å². The van der Waals surface area contributed by atoms with E-state index in [-0.39, 0.29) is 24.1 Å². The molecule has 1 atom stereocenters. The lowest BCUT2D eigenvalue weighted by Gasteiger charge is -2.21. The average molecular weight is 418 g/mol. The zero-order valence-electron chi connectivity index (χ0n) is 16.3. The second-order valence-corrected chi connectivity index (χ2v) is 6.81. The van der Waals surface area contributed by atoms with Crippen molar-refractivity contribution in [3.8, 4) is 11.5 Å². The zero-order valence-corrected chi connectivity index (χ0v) is 16.3. The highest BCUT2D eigenvalue weighted by atomic mass is 19.1. The van der Waals surface area contributed by atoms with Crippen molar-refractivity contribution in [2.75, 3.05) is 10.6 Å². The maximum Gasteiger partial charge on any atom is 0.249 e. The molecule has 31 heavy (non-hydrogen) atoms. The number of rotatable bonds is 5. The fourth-order valence-corrected chi connectivity index (χ4v) is 2.93. The lowest BCUT2D eigenvalue weighted by molar-refractivity contribution is -0.124. The Morgan fingerprint density at radius 1 is 0.935 bits per heavy atom. The van der Waals surface area contributed by atoms with Crippen molar-refractivity contribution in [1.29, 1.82) is 0 Å². The van der Waals surface area contributed by atoms with Crippen molar-refractivity contribution >= 4 is 29.1 Å². The second kappa shape index (κ2) is 9.08. The Morgan fingerprint density at radius 3 is 2.29 bits per heavy atom. The zero-order chi connectivity index (χ0) is 21.6. The van der Waals surface area contributed by atoms with Crippen LogP contribution >= 0.6 is 0 Å². The van der Waals surface area contributed by atoms with Crippen molar-refractivity contribution in [2.24, 2.45) is 4.99 Å². The van der Waals surface area contributed by atoms with E-state index in [2.05, 4.69) is 20.9 Å². The molecule has 3 N–H and O–H groups in total. The lowest BCUT2D eigenvalue weighted by Crippen LogP contribution is -2.45. The van der Waals surface area contributed by atoms with Crippen molar-refractivity contribution in [1.82, 2.24) is 5.32 Å². The molecule has 7 nitrogen and oxygen atoms in total. The number of carbonyl (C=O) groups excluding carboxylic acids is 2. The van der Waals surface area contributed by atoms with Gasteiger partial charge in [0, 0.05) is 11.4 Å². The Morgan fingerprint density at radius 2 is 1.58 bits per heavy atom. The number of hydrogen-bond donors (Lipinski definition) is 3. The van der Waals surface area contributed by atoms with Gasteiger partial charge < -0.3 is 15.4 Å². The van der Waals surface area contributed by atoms with Crippen LogP contribution in [-0.2, 0) is 9.59 Å². The first-order valence-corrected chi connectivity index (χ1v) is 9.59. The number of benzene rings is 3. The Balaban J connectivity index is 1.39. The highest BCUT2D eigenvalue weighted by molar-refractivity contribution is 6.10. The molecule has 1 aliphatic heterocycles. The molecule has 1 aliphatic rings. The van der Waals surface area contributed by atoms with Gasteiger partial charge in [0.05, 0.1) is 6.42 Å². The number of guanidine groups is 1. The summed E-state index contributed by atoms with van der Waals surface area (Å²) in [5, 5.41) is 8.20. The molecule has 1 heterocycles. The largest absolute Gasteiger partial charge is 0.457 e. The standard InChI is InChI=1S/C23H19FN4O3/c24-15-6-8-17(9-7-15)26-23-27-20(14-21(29)28-23)22(30)25-16-10-12-19(13-11-16)31-18-4-2-1-3-5-18/h1-13,20H,14H2,(H,25,30)(H2,26,27,28,29)/t20-/m0/s1. The van der Waals surface area contributed by atoms with Crippen LogP contribution < -0.4 is 20.7 Å². The summed E-state index contributed by atoms with van der Waals surface area (Å²) < 4.78 is 18.8. The van der Waals surface area contributed by atoms with E-state index in [1.165, 1.54) is 24.3 Å². The van der Waals surface area contributed by atoms with E-state index < -0.39 is 11.9 Å². The summed E-state index contributed by atoms with van der Waals surface area (Å²) in [4.78, 5) is 28.9. The summed E-state index contributed by atoms with van der Waals surface area (Å²) in [7, 11) is 0. The summed E-state index contributed by atoms with van der Waals surface area (Å²) in [6.45, 7) is 0. The van der Waals surface area contributed by atoms with Gasteiger partial charge in [-0.3, -0.25) is 14.9 Å². The summed E-state index contributed by atoms with van der Waals surface area (Å²) in [6, 6.07) is 20.9. The van der Waals surface area contributed by atoms with Gasteiger partial charge in [0.25, 0.3) is 0 Å². The van der Waals surface area contributed by atoms with Gasteiger partial charge in [0.2, 0.25) is 17.8 Å². The van der Waals surface area contributed by atoms with Gasteiger partial charge in [-0.1, -0.05) is 18.2 Å². The summed E-state index contributed by atoms with van der Waals surface area (Å²) >= 11 is 0.